The van der Waals surface area contributed by atoms with Gasteiger partial charge >= 0.3 is 0 Å². The number of hydrogen-bond donors (Lipinski definition) is 3. The van der Waals surface area contributed by atoms with Crippen LogP contribution in [0.15, 0.2) is 24.5 Å². The van der Waals surface area contributed by atoms with E-state index in [4.69, 9.17) is 28.1 Å². The van der Waals surface area contributed by atoms with Gasteiger partial charge in [-0.05, 0) is 29.9 Å². The number of pyridine rings is 1. The van der Waals surface area contributed by atoms with Crippen molar-refractivity contribution in [1.82, 2.24) is 15.2 Å². The Kier molecular flexibility index (Phi) is 6.03. The number of aromatic nitrogens is 1. The van der Waals surface area contributed by atoms with Gasteiger partial charge in [-0.2, -0.15) is 0 Å². The molecular formula is C11H17N5OS. The Labute approximate surface area is 112 Å². The molecule has 0 aliphatic carbocycles. The van der Waals surface area contributed by atoms with Crippen LogP contribution in [0.2, 0.25) is 0 Å². The van der Waals surface area contributed by atoms with Crippen LogP contribution >= 0.6 is 12.2 Å². The Morgan fingerprint density at radius 3 is 2.78 bits per heavy atom. The Bertz CT molecular complexity index is 398. The maximum atomic E-state index is 7.54. The van der Waals surface area contributed by atoms with E-state index in [0.29, 0.717) is 24.8 Å². The second-order valence-corrected chi connectivity index (χ2v) is 3.94. The number of hydrogen-bond acceptors (Lipinski definition) is 4. The van der Waals surface area contributed by atoms with Gasteiger partial charge < -0.3 is 15.8 Å². The third-order valence-corrected chi connectivity index (χ3v) is 2.57. The lowest BCUT2D eigenvalue weighted by Gasteiger charge is -2.23. The molecule has 0 saturated carbocycles. The van der Waals surface area contributed by atoms with E-state index in [1.807, 2.05) is 12.1 Å². The smallest absolute Gasteiger partial charge is 0.195 e. The quantitative estimate of drug-likeness (QED) is 0.308. The first-order chi connectivity index (χ1) is 8.65. The summed E-state index contributed by atoms with van der Waals surface area (Å²) in [6, 6.07) is 3.71. The van der Waals surface area contributed by atoms with Crippen LogP contribution in [0.4, 0.5) is 0 Å². The zero-order chi connectivity index (χ0) is 13.4. The SMILES string of the molecule is COCCNC(=S)N(Cc1ccncc1)C(=N)N. The van der Waals surface area contributed by atoms with E-state index in [0.717, 1.165) is 5.56 Å². The Morgan fingerprint density at radius 1 is 1.56 bits per heavy atom. The van der Waals surface area contributed by atoms with Crippen molar-refractivity contribution < 1.29 is 4.74 Å². The molecule has 0 atom stereocenters. The van der Waals surface area contributed by atoms with Crippen LogP contribution in [-0.4, -0.2) is 41.2 Å². The van der Waals surface area contributed by atoms with Crippen molar-refractivity contribution in [1.29, 1.82) is 5.41 Å². The van der Waals surface area contributed by atoms with Gasteiger partial charge in [-0.1, -0.05) is 0 Å². The van der Waals surface area contributed by atoms with Crippen molar-refractivity contribution in [3.05, 3.63) is 30.1 Å². The van der Waals surface area contributed by atoms with Gasteiger partial charge in [0, 0.05) is 26.0 Å². The van der Waals surface area contributed by atoms with E-state index in [1.54, 1.807) is 19.5 Å². The van der Waals surface area contributed by atoms with Gasteiger partial charge in [-0.25, -0.2) is 0 Å². The lowest BCUT2D eigenvalue weighted by atomic mass is 10.2. The van der Waals surface area contributed by atoms with Gasteiger partial charge in [0.25, 0.3) is 0 Å². The lowest BCUT2D eigenvalue weighted by molar-refractivity contribution is 0.203. The van der Waals surface area contributed by atoms with Gasteiger partial charge in [0.1, 0.15) is 0 Å². The Morgan fingerprint density at radius 2 is 2.22 bits per heavy atom. The summed E-state index contributed by atoms with van der Waals surface area (Å²) in [4.78, 5) is 5.45. The Hall–Kier alpha value is -1.73. The predicted molar refractivity (Wildman–Crippen MR) is 74.2 cm³/mol. The maximum absolute atomic E-state index is 7.54. The van der Waals surface area contributed by atoms with Crippen LogP contribution < -0.4 is 11.1 Å². The van der Waals surface area contributed by atoms with Crippen LogP contribution in [0, 0.1) is 5.41 Å². The fourth-order valence-corrected chi connectivity index (χ4v) is 1.56. The highest BCUT2D eigenvalue weighted by atomic mass is 32.1. The largest absolute Gasteiger partial charge is 0.383 e. The van der Waals surface area contributed by atoms with Crippen molar-refractivity contribution in [2.45, 2.75) is 6.54 Å². The number of nitrogens with one attached hydrogen (secondary N) is 2. The monoisotopic (exact) mass is 267 g/mol. The van der Waals surface area contributed by atoms with Crippen LogP contribution in [0.1, 0.15) is 5.56 Å². The first-order valence-corrected chi connectivity index (χ1v) is 5.83. The highest BCUT2D eigenvalue weighted by Gasteiger charge is 2.12. The summed E-state index contributed by atoms with van der Waals surface area (Å²) in [7, 11) is 1.62. The van der Waals surface area contributed by atoms with Crippen LogP contribution in [-0.2, 0) is 11.3 Å². The summed E-state index contributed by atoms with van der Waals surface area (Å²) >= 11 is 5.19. The van der Waals surface area contributed by atoms with E-state index in [2.05, 4.69) is 10.3 Å². The van der Waals surface area contributed by atoms with Gasteiger partial charge in [0.15, 0.2) is 11.1 Å². The van der Waals surface area contributed by atoms with E-state index in [9.17, 15) is 0 Å². The molecule has 0 aromatic carbocycles. The van der Waals surface area contributed by atoms with E-state index < -0.39 is 0 Å². The van der Waals surface area contributed by atoms with Crippen molar-refractivity contribution in [3.63, 3.8) is 0 Å². The minimum atomic E-state index is -0.0956. The molecular weight excluding hydrogens is 250 g/mol. The zero-order valence-corrected chi connectivity index (χ0v) is 11.0. The highest BCUT2D eigenvalue weighted by molar-refractivity contribution is 7.80. The molecule has 1 aromatic heterocycles. The molecule has 1 heterocycles. The summed E-state index contributed by atoms with van der Waals surface area (Å²) in [5.41, 5.74) is 6.51. The van der Waals surface area contributed by atoms with E-state index in [1.165, 1.54) is 4.90 Å². The summed E-state index contributed by atoms with van der Waals surface area (Å²) in [6.07, 6.45) is 3.38. The maximum Gasteiger partial charge on any atom is 0.195 e. The number of guanidine groups is 1. The third kappa shape index (κ3) is 4.64. The third-order valence-electron chi connectivity index (χ3n) is 2.21. The minimum Gasteiger partial charge on any atom is -0.383 e. The molecule has 0 radical (unpaired) electrons. The number of rotatable bonds is 5. The molecule has 0 fully saturated rings. The van der Waals surface area contributed by atoms with Crippen molar-refractivity contribution in [2.24, 2.45) is 5.73 Å². The second-order valence-electron chi connectivity index (χ2n) is 3.55. The predicted octanol–water partition coefficient (Wildman–Crippen LogP) is 0.298. The van der Waals surface area contributed by atoms with Crippen LogP contribution in [0.5, 0.6) is 0 Å². The van der Waals surface area contributed by atoms with Crippen LogP contribution in [0.25, 0.3) is 0 Å². The first-order valence-electron chi connectivity index (χ1n) is 5.42. The van der Waals surface area contributed by atoms with Crippen LogP contribution in [0.3, 0.4) is 0 Å². The van der Waals surface area contributed by atoms with Gasteiger partial charge in [0.2, 0.25) is 0 Å². The standard InChI is InChI=1S/C11H17N5OS/c1-17-7-6-15-11(18)16(10(12)13)8-9-2-4-14-5-3-9/h2-5H,6-8H2,1H3,(H3,12,13)(H,15,18). The molecule has 7 heteroatoms. The molecule has 0 saturated heterocycles. The molecule has 0 unspecified atom stereocenters. The van der Waals surface area contributed by atoms with Gasteiger partial charge in [-0.3, -0.25) is 15.3 Å². The summed E-state index contributed by atoms with van der Waals surface area (Å²) in [5.74, 6) is -0.0956. The molecule has 4 N–H and O–H groups in total. The van der Waals surface area contributed by atoms with Crippen molar-refractivity contribution in [2.75, 3.05) is 20.3 Å². The molecule has 0 aliphatic heterocycles. The fourth-order valence-electron chi connectivity index (χ4n) is 1.29. The molecule has 0 aliphatic rings. The zero-order valence-electron chi connectivity index (χ0n) is 10.2. The molecule has 1 aromatic rings. The minimum absolute atomic E-state index is 0.0956. The normalized spacial score (nSPS) is 9.83. The molecule has 0 spiro atoms. The first kappa shape index (κ1) is 14.3. The summed E-state index contributed by atoms with van der Waals surface area (Å²) < 4.78 is 4.92. The molecule has 0 bridgehead atoms. The molecule has 18 heavy (non-hydrogen) atoms. The van der Waals surface area contributed by atoms with E-state index >= 15 is 0 Å². The number of nitrogens with two attached hydrogens (primary N) is 1. The average Bonchev–Trinajstić information content (AvgIpc) is 2.37. The lowest BCUT2D eigenvalue weighted by Crippen LogP contribution is -2.46. The Balaban J connectivity index is 2.60. The fraction of sp³-hybridized carbons (Fsp3) is 0.364. The molecule has 98 valence electrons. The molecule has 0 amide bonds. The van der Waals surface area contributed by atoms with Crippen molar-refractivity contribution in [3.8, 4) is 0 Å². The van der Waals surface area contributed by atoms with Gasteiger partial charge in [0.05, 0.1) is 13.2 Å². The van der Waals surface area contributed by atoms with E-state index in [-0.39, 0.29) is 5.96 Å². The average molecular weight is 267 g/mol. The number of thiocarbonyl (C=S) groups is 1. The highest BCUT2D eigenvalue weighted by Crippen LogP contribution is 2.03. The summed E-state index contributed by atoms with van der Waals surface area (Å²) in [6.45, 7) is 1.56. The van der Waals surface area contributed by atoms with Gasteiger partial charge in [-0.15, -0.1) is 0 Å². The molecule has 1 rings (SSSR count). The molecule has 6 nitrogen and oxygen atoms in total. The number of methoxy groups -OCH3 is 1. The second kappa shape index (κ2) is 7.57. The summed E-state index contributed by atoms with van der Waals surface area (Å²) in [5, 5.41) is 10.9. The van der Waals surface area contributed by atoms with Crippen molar-refractivity contribution >= 4 is 23.3 Å². The topological polar surface area (TPSA) is 87.3 Å². The number of nitrogens with zero attached hydrogens (tertiary/aromatic N) is 2. The number of ether oxygens (including phenoxy) is 1.